The Labute approximate surface area is 170 Å². The predicted octanol–water partition coefficient (Wildman–Crippen LogP) is 2.53. The molecule has 2 aromatic carbocycles. The number of ether oxygens (including phenoxy) is 1. The molecule has 2 heterocycles. The molecule has 0 saturated carbocycles. The molecule has 0 bridgehead atoms. The molecule has 150 valence electrons. The Morgan fingerprint density at radius 1 is 0.931 bits per heavy atom. The quantitative estimate of drug-likeness (QED) is 0.802. The number of nitrogens with zero attached hydrogens (tertiary/aromatic N) is 4. The number of methoxy groups -OCH3 is 1. The fourth-order valence-electron chi connectivity index (χ4n) is 3.64. The lowest BCUT2D eigenvalue weighted by Crippen LogP contribution is -2.51. The van der Waals surface area contributed by atoms with Crippen molar-refractivity contribution in [3.8, 4) is 5.75 Å². The summed E-state index contributed by atoms with van der Waals surface area (Å²) in [6.45, 7) is 2.73. The van der Waals surface area contributed by atoms with E-state index in [2.05, 4.69) is 16.1 Å². The SMILES string of the molecule is COc1cccc(N2CCN(C(=O)C3=NN(c4ccccc4)C(=O)CC3)CC2)c1. The van der Waals surface area contributed by atoms with Crippen LogP contribution in [-0.2, 0) is 9.59 Å². The summed E-state index contributed by atoms with van der Waals surface area (Å²) in [7, 11) is 1.66. The summed E-state index contributed by atoms with van der Waals surface area (Å²) < 4.78 is 5.30. The second-order valence-corrected chi connectivity index (χ2v) is 7.07. The Hall–Kier alpha value is -3.35. The van der Waals surface area contributed by atoms with Gasteiger partial charge in [0.15, 0.2) is 0 Å². The molecule has 0 unspecified atom stereocenters. The summed E-state index contributed by atoms with van der Waals surface area (Å²) in [5.41, 5.74) is 2.22. The van der Waals surface area contributed by atoms with Crippen molar-refractivity contribution in [2.45, 2.75) is 12.8 Å². The number of para-hydroxylation sites is 1. The Balaban J connectivity index is 1.43. The highest BCUT2D eigenvalue weighted by atomic mass is 16.5. The number of hydrogen-bond donors (Lipinski definition) is 0. The fraction of sp³-hybridized carbons (Fsp3) is 0.318. The van der Waals surface area contributed by atoms with Crippen molar-refractivity contribution < 1.29 is 14.3 Å². The molecule has 0 atom stereocenters. The molecule has 1 saturated heterocycles. The number of carbonyl (C=O) groups excluding carboxylic acids is 2. The molecular weight excluding hydrogens is 368 g/mol. The number of carbonyl (C=O) groups is 2. The number of hydrazone groups is 1. The van der Waals surface area contributed by atoms with Crippen LogP contribution < -0.4 is 14.6 Å². The highest BCUT2D eigenvalue weighted by molar-refractivity contribution is 6.40. The van der Waals surface area contributed by atoms with E-state index in [0.717, 1.165) is 24.5 Å². The van der Waals surface area contributed by atoms with Gasteiger partial charge >= 0.3 is 0 Å². The minimum absolute atomic E-state index is 0.0799. The van der Waals surface area contributed by atoms with E-state index in [1.165, 1.54) is 5.01 Å². The number of rotatable bonds is 4. The molecule has 7 nitrogen and oxygen atoms in total. The van der Waals surface area contributed by atoms with Crippen molar-refractivity contribution in [2.75, 3.05) is 43.2 Å². The Kier molecular flexibility index (Phi) is 5.46. The van der Waals surface area contributed by atoms with Gasteiger partial charge in [-0.2, -0.15) is 5.10 Å². The summed E-state index contributed by atoms with van der Waals surface area (Å²) >= 11 is 0. The number of amides is 2. The third kappa shape index (κ3) is 4.08. The normalized spacial score (nSPS) is 17.2. The van der Waals surface area contributed by atoms with Crippen molar-refractivity contribution in [3.05, 3.63) is 54.6 Å². The van der Waals surface area contributed by atoms with Crippen LogP contribution in [0.1, 0.15) is 12.8 Å². The molecule has 2 amide bonds. The van der Waals surface area contributed by atoms with Crippen LogP contribution in [0.3, 0.4) is 0 Å². The van der Waals surface area contributed by atoms with Gasteiger partial charge in [-0.1, -0.05) is 24.3 Å². The summed E-state index contributed by atoms with van der Waals surface area (Å²) in [5.74, 6) is 0.655. The standard InChI is InChI=1S/C22H24N4O3/c1-29-19-9-5-8-18(16-19)24-12-14-25(15-13-24)22(28)20-10-11-21(27)26(23-20)17-6-3-2-4-7-17/h2-9,16H,10-15H2,1H3. The van der Waals surface area contributed by atoms with Gasteiger partial charge in [-0.05, 0) is 24.3 Å². The van der Waals surface area contributed by atoms with Gasteiger partial charge in [0.25, 0.3) is 5.91 Å². The molecule has 0 aromatic heterocycles. The molecule has 0 radical (unpaired) electrons. The van der Waals surface area contributed by atoms with Crippen LogP contribution in [0.15, 0.2) is 59.7 Å². The summed E-state index contributed by atoms with van der Waals surface area (Å²) in [5, 5.41) is 5.74. The van der Waals surface area contributed by atoms with Gasteiger partial charge < -0.3 is 14.5 Å². The van der Waals surface area contributed by atoms with E-state index >= 15 is 0 Å². The van der Waals surface area contributed by atoms with Crippen LogP contribution in [0.5, 0.6) is 5.75 Å². The van der Waals surface area contributed by atoms with Gasteiger partial charge in [0, 0.05) is 50.8 Å². The van der Waals surface area contributed by atoms with Gasteiger partial charge in [-0.15, -0.1) is 0 Å². The van der Waals surface area contributed by atoms with Gasteiger partial charge in [-0.25, -0.2) is 5.01 Å². The highest BCUT2D eigenvalue weighted by Crippen LogP contribution is 2.23. The first kappa shape index (κ1) is 19.0. The van der Waals surface area contributed by atoms with E-state index in [9.17, 15) is 9.59 Å². The van der Waals surface area contributed by atoms with Crippen LogP contribution in [0.4, 0.5) is 11.4 Å². The predicted molar refractivity (Wildman–Crippen MR) is 112 cm³/mol. The van der Waals surface area contributed by atoms with Crippen molar-refractivity contribution in [1.82, 2.24) is 4.90 Å². The molecule has 0 aliphatic carbocycles. The highest BCUT2D eigenvalue weighted by Gasteiger charge is 2.30. The molecule has 1 fully saturated rings. The van der Waals surface area contributed by atoms with Crippen molar-refractivity contribution in [1.29, 1.82) is 0 Å². The van der Waals surface area contributed by atoms with E-state index in [0.29, 0.717) is 37.3 Å². The van der Waals surface area contributed by atoms with Crippen LogP contribution in [0.25, 0.3) is 0 Å². The largest absolute Gasteiger partial charge is 0.497 e. The molecule has 29 heavy (non-hydrogen) atoms. The third-order valence-corrected chi connectivity index (χ3v) is 5.27. The zero-order chi connectivity index (χ0) is 20.2. The molecule has 2 aromatic rings. The summed E-state index contributed by atoms with van der Waals surface area (Å²) in [4.78, 5) is 29.3. The van der Waals surface area contributed by atoms with E-state index in [1.807, 2.05) is 53.4 Å². The zero-order valence-corrected chi connectivity index (χ0v) is 16.5. The lowest BCUT2D eigenvalue weighted by molar-refractivity contribution is -0.124. The van der Waals surface area contributed by atoms with Crippen molar-refractivity contribution in [3.63, 3.8) is 0 Å². The van der Waals surface area contributed by atoms with E-state index < -0.39 is 0 Å². The Morgan fingerprint density at radius 2 is 1.66 bits per heavy atom. The van der Waals surface area contributed by atoms with Gasteiger partial charge in [0.2, 0.25) is 5.91 Å². The topological polar surface area (TPSA) is 65.5 Å². The van der Waals surface area contributed by atoms with E-state index in [-0.39, 0.29) is 11.8 Å². The molecule has 2 aliphatic rings. The molecule has 0 N–H and O–H groups in total. The smallest absolute Gasteiger partial charge is 0.270 e. The fourth-order valence-corrected chi connectivity index (χ4v) is 3.64. The van der Waals surface area contributed by atoms with E-state index in [1.54, 1.807) is 7.11 Å². The summed E-state index contributed by atoms with van der Waals surface area (Å²) in [6.07, 6.45) is 0.681. The molecule has 0 spiro atoms. The summed E-state index contributed by atoms with van der Waals surface area (Å²) in [6, 6.07) is 17.2. The second-order valence-electron chi connectivity index (χ2n) is 7.07. The monoisotopic (exact) mass is 392 g/mol. The molecule has 2 aliphatic heterocycles. The average molecular weight is 392 g/mol. The number of hydrogen-bond acceptors (Lipinski definition) is 5. The van der Waals surface area contributed by atoms with Gasteiger partial charge in [-0.3, -0.25) is 9.59 Å². The first-order valence-electron chi connectivity index (χ1n) is 9.79. The van der Waals surface area contributed by atoms with Crippen molar-refractivity contribution >= 4 is 28.9 Å². The van der Waals surface area contributed by atoms with Crippen LogP contribution >= 0.6 is 0 Å². The molecular formula is C22H24N4O3. The van der Waals surface area contributed by atoms with Gasteiger partial charge in [0.05, 0.1) is 12.8 Å². The Bertz CT molecular complexity index is 921. The number of piperazine rings is 1. The van der Waals surface area contributed by atoms with Gasteiger partial charge in [0.1, 0.15) is 11.5 Å². The van der Waals surface area contributed by atoms with E-state index in [4.69, 9.17) is 4.74 Å². The first-order valence-corrected chi connectivity index (χ1v) is 9.79. The maximum Gasteiger partial charge on any atom is 0.270 e. The zero-order valence-electron chi connectivity index (χ0n) is 16.5. The lowest BCUT2D eigenvalue weighted by Gasteiger charge is -2.36. The first-order chi connectivity index (χ1) is 14.2. The second kappa shape index (κ2) is 8.34. The van der Waals surface area contributed by atoms with Crippen molar-refractivity contribution in [2.24, 2.45) is 5.10 Å². The number of anilines is 2. The lowest BCUT2D eigenvalue weighted by atomic mass is 10.1. The van der Waals surface area contributed by atoms with Crippen LogP contribution in [-0.4, -0.2) is 55.7 Å². The Morgan fingerprint density at radius 3 is 2.38 bits per heavy atom. The maximum atomic E-state index is 13.0. The third-order valence-electron chi connectivity index (χ3n) is 5.27. The maximum absolute atomic E-state index is 13.0. The minimum Gasteiger partial charge on any atom is -0.497 e. The molecule has 4 rings (SSSR count). The molecule has 7 heteroatoms. The minimum atomic E-state index is -0.0874. The van der Waals surface area contributed by atoms with Crippen LogP contribution in [0, 0.1) is 0 Å². The average Bonchev–Trinajstić information content (AvgIpc) is 2.79. The van der Waals surface area contributed by atoms with Crippen LogP contribution in [0.2, 0.25) is 0 Å². The number of benzene rings is 2.